The first kappa shape index (κ1) is 15.7. The fourth-order valence-electron chi connectivity index (χ4n) is 2.21. The molecular formula is C13H20N4O3S. The first-order valence-corrected chi connectivity index (χ1v) is 8.71. The third-order valence-electron chi connectivity index (χ3n) is 3.36. The molecule has 1 aromatic rings. The second-order valence-corrected chi connectivity index (χ2v) is 6.90. The molecule has 0 spiro atoms. The lowest BCUT2D eigenvalue weighted by molar-refractivity contribution is 0.0698. The van der Waals surface area contributed by atoms with E-state index in [2.05, 4.69) is 10.3 Å². The maximum Gasteiger partial charge on any atom is 0.255 e. The molecular weight excluding hydrogens is 292 g/mol. The molecule has 8 heteroatoms. The van der Waals surface area contributed by atoms with Crippen molar-refractivity contribution < 1.29 is 13.2 Å². The van der Waals surface area contributed by atoms with Crippen LogP contribution in [0.4, 0.5) is 5.82 Å². The molecule has 0 saturated carbocycles. The summed E-state index contributed by atoms with van der Waals surface area (Å²) in [5.74, 6) is 0.620. The van der Waals surface area contributed by atoms with E-state index < -0.39 is 10.0 Å². The summed E-state index contributed by atoms with van der Waals surface area (Å²) in [5.41, 5.74) is 0.518. The number of nitrogens with zero attached hydrogens (tertiary/aromatic N) is 3. The quantitative estimate of drug-likeness (QED) is 0.860. The summed E-state index contributed by atoms with van der Waals surface area (Å²) in [6.07, 6.45) is 2.73. The highest BCUT2D eigenvalue weighted by atomic mass is 32.2. The molecule has 7 nitrogen and oxygen atoms in total. The van der Waals surface area contributed by atoms with Gasteiger partial charge in [-0.05, 0) is 19.1 Å². The second-order valence-electron chi connectivity index (χ2n) is 4.92. The van der Waals surface area contributed by atoms with Crippen molar-refractivity contribution in [3.05, 3.63) is 23.9 Å². The maximum atomic E-state index is 12.3. The van der Waals surface area contributed by atoms with Gasteiger partial charge < -0.3 is 10.2 Å². The van der Waals surface area contributed by atoms with Gasteiger partial charge in [0.05, 0.1) is 11.8 Å². The first-order valence-electron chi connectivity index (χ1n) is 6.86. The van der Waals surface area contributed by atoms with E-state index in [-0.39, 0.29) is 5.91 Å². The van der Waals surface area contributed by atoms with Crippen molar-refractivity contribution in [1.82, 2.24) is 14.2 Å². The van der Waals surface area contributed by atoms with Crippen molar-refractivity contribution >= 4 is 21.7 Å². The molecule has 116 valence electrons. The summed E-state index contributed by atoms with van der Waals surface area (Å²) in [6.45, 7) is 4.23. The fraction of sp³-hybridized carbons (Fsp3) is 0.538. The first-order chi connectivity index (χ1) is 9.91. The number of anilines is 1. The molecule has 2 rings (SSSR count). The normalized spacial score (nSPS) is 16.8. The van der Waals surface area contributed by atoms with Gasteiger partial charge in [-0.3, -0.25) is 4.79 Å². The summed E-state index contributed by atoms with van der Waals surface area (Å²) < 4.78 is 24.3. The summed E-state index contributed by atoms with van der Waals surface area (Å²) in [6, 6.07) is 3.50. The molecule has 0 bridgehead atoms. The number of hydrogen-bond donors (Lipinski definition) is 1. The Morgan fingerprint density at radius 3 is 2.43 bits per heavy atom. The highest BCUT2D eigenvalue weighted by Gasteiger charge is 2.26. The standard InChI is InChI=1S/C13H20N4O3S/c1-3-14-12-5-4-11(10-15-12)13(18)16-6-8-17(9-7-16)21(2,19)20/h4-5,10H,3,6-9H2,1-2H3,(H,14,15). The Morgan fingerprint density at radius 1 is 1.29 bits per heavy atom. The molecule has 0 aromatic carbocycles. The number of pyridine rings is 1. The van der Waals surface area contributed by atoms with Crippen LogP contribution in [0.25, 0.3) is 0 Å². The Labute approximate surface area is 125 Å². The van der Waals surface area contributed by atoms with E-state index >= 15 is 0 Å². The molecule has 1 aromatic heterocycles. The largest absolute Gasteiger partial charge is 0.370 e. The van der Waals surface area contributed by atoms with Gasteiger partial charge in [0.15, 0.2) is 0 Å². The highest BCUT2D eigenvalue weighted by Crippen LogP contribution is 2.11. The molecule has 0 unspecified atom stereocenters. The van der Waals surface area contributed by atoms with E-state index in [9.17, 15) is 13.2 Å². The van der Waals surface area contributed by atoms with Crippen LogP contribution in [0, 0.1) is 0 Å². The van der Waals surface area contributed by atoms with E-state index in [0.29, 0.717) is 31.7 Å². The van der Waals surface area contributed by atoms with Crippen molar-refractivity contribution in [2.45, 2.75) is 6.92 Å². The molecule has 1 aliphatic rings. The molecule has 21 heavy (non-hydrogen) atoms. The van der Waals surface area contributed by atoms with Crippen molar-refractivity contribution in [3.8, 4) is 0 Å². The van der Waals surface area contributed by atoms with Gasteiger partial charge in [-0.15, -0.1) is 0 Å². The smallest absolute Gasteiger partial charge is 0.255 e. The van der Waals surface area contributed by atoms with E-state index in [1.54, 1.807) is 23.2 Å². The topological polar surface area (TPSA) is 82.6 Å². The van der Waals surface area contributed by atoms with E-state index in [0.717, 1.165) is 12.4 Å². The summed E-state index contributed by atoms with van der Waals surface area (Å²) >= 11 is 0. The third-order valence-corrected chi connectivity index (χ3v) is 4.67. The van der Waals surface area contributed by atoms with Crippen LogP contribution in [0.3, 0.4) is 0 Å². The van der Waals surface area contributed by atoms with Gasteiger partial charge in [0, 0.05) is 38.9 Å². The Bertz CT molecular complexity index is 592. The van der Waals surface area contributed by atoms with E-state index in [1.807, 2.05) is 6.92 Å². The van der Waals surface area contributed by atoms with Crippen molar-refractivity contribution in [2.24, 2.45) is 0 Å². The van der Waals surface area contributed by atoms with Crippen LogP contribution in [-0.2, 0) is 10.0 Å². The Hall–Kier alpha value is -1.67. The third kappa shape index (κ3) is 3.92. The average molecular weight is 312 g/mol. The van der Waals surface area contributed by atoms with Crippen LogP contribution in [0.5, 0.6) is 0 Å². The molecule has 0 aliphatic carbocycles. The van der Waals surface area contributed by atoms with Crippen LogP contribution in [-0.4, -0.2) is 67.5 Å². The van der Waals surface area contributed by atoms with Crippen LogP contribution in [0.2, 0.25) is 0 Å². The molecule has 1 saturated heterocycles. The number of carbonyl (C=O) groups excluding carboxylic acids is 1. The zero-order valence-electron chi connectivity index (χ0n) is 12.2. The van der Waals surface area contributed by atoms with Crippen molar-refractivity contribution in [1.29, 1.82) is 0 Å². The van der Waals surface area contributed by atoms with E-state index in [1.165, 1.54) is 10.6 Å². The van der Waals surface area contributed by atoms with Crippen LogP contribution < -0.4 is 5.32 Å². The molecule has 1 amide bonds. The van der Waals surface area contributed by atoms with Crippen LogP contribution >= 0.6 is 0 Å². The number of nitrogens with one attached hydrogen (secondary N) is 1. The molecule has 0 radical (unpaired) electrons. The van der Waals surface area contributed by atoms with E-state index in [4.69, 9.17) is 0 Å². The number of carbonyl (C=O) groups is 1. The second kappa shape index (κ2) is 6.40. The minimum atomic E-state index is -3.18. The fourth-order valence-corrected chi connectivity index (χ4v) is 3.04. The number of rotatable bonds is 4. The number of sulfonamides is 1. The molecule has 2 heterocycles. The van der Waals surface area contributed by atoms with Crippen LogP contribution in [0.15, 0.2) is 18.3 Å². The summed E-state index contributed by atoms with van der Waals surface area (Å²) in [4.78, 5) is 18.2. The predicted octanol–water partition coefficient (Wildman–Crippen LogP) is 0.231. The number of piperazine rings is 1. The van der Waals surface area contributed by atoms with Crippen molar-refractivity contribution in [3.63, 3.8) is 0 Å². The SMILES string of the molecule is CCNc1ccc(C(=O)N2CCN(S(C)(=O)=O)CC2)cn1. The summed E-state index contributed by atoms with van der Waals surface area (Å²) in [5, 5.41) is 3.07. The van der Waals surface area contributed by atoms with Gasteiger partial charge in [-0.25, -0.2) is 13.4 Å². The number of hydrogen-bond acceptors (Lipinski definition) is 5. The predicted molar refractivity (Wildman–Crippen MR) is 80.7 cm³/mol. The zero-order valence-corrected chi connectivity index (χ0v) is 13.1. The molecule has 0 atom stereocenters. The Balaban J connectivity index is 1.98. The highest BCUT2D eigenvalue weighted by molar-refractivity contribution is 7.88. The number of amides is 1. The van der Waals surface area contributed by atoms with Gasteiger partial charge in [0.2, 0.25) is 10.0 Å². The lowest BCUT2D eigenvalue weighted by atomic mass is 10.2. The summed E-state index contributed by atoms with van der Waals surface area (Å²) in [7, 11) is -3.18. The lowest BCUT2D eigenvalue weighted by Crippen LogP contribution is -2.50. The average Bonchev–Trinajstić information content (AvgIpc) is 2.47. The van der Waals surface area contributed by atoms with Gasteiger partial charge in [0.1, 0.15) is 5.82 Å². The van der Waals surface area contributed by atoms with Gasteiger partial charge in [0.25, 0.3) is 5.91 Å². The minimum absolute atomic E-state index is 0.112. The Morgan fingerprint density at radius 2 is 1.95 bits per heavy atom. The molecule has 1 aliphatic heterocycles. The minimum Gasteiger partial charge on any atom is -0.370 e. The van der Waals surface area contributed by atoms with Gasteiger partial charge in [-0.1, -0.05) is 0 Å². The van der Waals surface area contributed by atoms with Crippen molar-refractivity contribution in [2.75, 3.05) is 44.3 Å². The monoisotopic (exact) mass is 312 g/mol. The number of aromatic nitrogens is 1. The van der Waals surface area contributed by atoms with Gasteiger partial charge >= 0.3 is 0 Å². The van der Waals surface area contributed by atoms with Crippen LogP contribution in [0.1, 0.15) is 17.3 Å². The molecule has 1 N–H and O–H groups in total. The Kier molecular flexibility index (Phi) is 4.79. The zero-order chi connectivity index (χ0) is 15.5. The van der Waals surface area contributed by atoms with Gasteiger partial charge in [-0.2, -0.15) is 4.31 Å². The molecule has 1 fully saturated rings. The maximum absolute atomic E-state index is 12.3. The lowest BCUT2D eigenvalue weighted by Gasteiger charge is -2.33.